The zero-order chi connectivity index (χ0) is 37.7. The Morgan fingerprint density at radius 3 is 1.68 bits per heavy atom. The minimum Gasteiger partial charge on any atom is -0.340 e. The number of nitrogens with one attached hydrogen (secondary N) is 1. The highest BCUT2D eigenvalue weighted by atomic mass is 19.2. The second-order valence-electron chi connectivity index (χ2n) is 12.1. The van der Waals surface area contributed by atoms with E-state index in [1.54, 1.807) is 0 Å². The summed E-state index contributed by atoms with van der Waals surface area (Å²) in [4.78, 5) is 4.13. The Bertz CT molecular complexity index is 2060. The molecule has 0 saturated carbocycles. The molecule has 0 saturated heterocycles. The maximum absolute atomic E-state index is 16.4. The van der Waals surface area contributed by atoms with Gasteiger partial charge in [0.2, 0.25) is 0 Å². The molecule has 0 radical (unpaired) electrons. The number of hydrogen-bond donors (Lipinski definition) is 1. The van der Waals surface area contributed by atoms with Crippen molar-refractivity contribution in [2.45, 2.75) is 75.0 Å². The fraction of sp³-hybridized carbons (Fsp3) is 0.289. The molecule has 1 N–H and O–H groups in total. The van der Waals surface area contributed by atoms with E-state index >= 15 is 26.3 Å². The van der Waals surface area contributed by atoms with Gasteiger partial charge in [-0.15, -0.1) is 0 Å². The molecule has 0 amide bonds. The van der Waals surface area contributed by atoms with Gasteiger partial charge >= 0.3 is 0 Å². The summed E-state index contributed by atoms with van der Waals surface area (Å²) in [5, 5.41) is 2.47. The first-order valence-electron chi connectivity index (χ1n) is 15.5. The van der Waals surface area contributed by atoms with Crippen LogP contribution in [0.2, 0.25) is 0 Å². The van der Waals surface area contributed by atoms with Gasteiger partial charge < -0.3 is 5.32 Å². The number of rotatable bonds is 8. The highest BCUT2D eigenvalue weighted by Gasteiger charge is 2.31. The fourth-order valence-corrected chi connectivity index (χ4v) is 6.13. The topological polar surface area (TPSA) is 24.4 Å². The molecule has 0 fully saturated rings. The molecule has 0 bridgehead atoms. The molecule has 0 spiro atoms. The molecule has 4 aromatic rings. The Balaban J connectivity index is 2.07. The van der Waals surface area contributed by atoms with Crippen molar-refractivity contribution in [1.29, 1.82) is 0 Å². The lowest BCUT2D eigenvalue weighted by molar-refractivity contribution is 0.439. The molecule has 0 atom stereocenters. The van der Waals surface area contributed by atoms with Crippen LogP contribution in [0.15, 0.2) is 17.6 Å². The molecule has 0 aromatic heterocycles. The monoisotopic (exact) mass is 708 g/mol. The zero-order valence-electron chi connectivity index (χ0n) is 28.6. The first kappa shape index (κ1) is 38.2. The van der Waals surface area contributed by atoms with Gasteiger partial charge in [-0.3, -0.25) is 4.99 Å². The first-order chi connectivity index (χ1) is 23.3. The molecular weight excluding hydrogens is 674 g/mol. The van der Waals surface area contributed by atoms with Gasteiger partial charge in [0.15, 0.2) is 40.7 Å². The molecule has 12 heteroatoms. The number of amidine groups is 1. The summed E-state index contributed by atoms with van der Waals surface area (Å²) in [6.07, 6.45) is -0.0402. The Kier molecular flexibility index (Phi) is 10.9. The van der Waals surface area contributed by atoms with Gasteiger partial charge in [-0.2, -0.15) is 0 Å². The van der Waals surface area contributed by atoms with Crippen molar-refractivity contribution < 1.29 is 43.9 Å². The van der Waals surface area contributed by atoms with Crippen LogP contribution in [0, 0.1) is 101 Å². The van der Waals surface area contributed by atoms with Crippen LogP contribution in [-0.2, 0) is 19.6 Å². The molecule has 0 aliphatic heterocycles. The molecule has 0 heterocycles. The van der Waals surface area contributed by atoms with E-state index in [1.165, 1.54) is 48.5 Å². The largest absolute Gasteiger partial charge is 0.340 e. The van der Waals surface area contributed by atoms with Crippen molar-refractivity contribution in [3.63, 3.8) is 0 Å². The summed E-state index contributed by atoms with van der Waals surface area (Å²) in [6.45, 7) is 12.1. The van der Waals surface area contributed by atoms with Crippen LogP contribution in [0.3, 0.4) is 0 Å². The lowest BCUT2D eigenvalue weighted by atomic mass is 9.87. The third kappa shape index (κ3) is 6.17. The van der Waals surface area contributed by atoms with Crippen LogP contribution in [0.1, 0.15) is 73.7 Å². The number of aliphatic imine (C=N–C) groups is 1. The van der Waals surface area contributed by atoms with E-state index in [4.69, 9.17) is 0 Å². The number of benzene rings is 4. The van der Waals surface area contributed by atoms with Crippen molar-refractivity contribution in [3.8, 4) is 11.1 Å². The van der Waals surface area contributed by atoms with E-state index in [0.29, 0.717) is 5.56 Å². The predicted octanol–water partition coefficient (Wildman–Crippen LogP) is 11.0. The van der Waals surface area contributed by atoms with Crippen LogP contribution >= 0.6 is 0 Å². The van der Waals surface area contributed by atoms with Crippen LogP contribution < -0.4 is 5.32 Å². The lowest BCUT2D eigenvalue weighted by Gasteiger charge is -2.23. The van der Waals surface area contributed by atoms with Crippen LogP contribution in [0.5, 0.6) is 0 Å². The van der Waals surface area contributed by atoms with E-state index < -0.39 is 116 Å². The second-order valence-corrected chi connectivity index (χ2v) is 12.1. The molecule has 0 aliphatic carbocycles. The molecule has 266 valence electrons. The quantitative estimate of drug-likeness (QED) is 0.0838. The van der Waals surface area contributed by atoms with Gasteiger partial charge in [-0.05, 0) is 111 Å². The van der Waals surface area contributed by atoms with Crippen LogP contribution in [0.25, 0.3) is 16.8 Å². The smallest absolute Gasteiger partial charge is 0.195 e. The molecule has 0 unspecified atom stereocenters. The van der Waals surface area contributed by atoms with Crippen molar-refractivity contribution in [2.75, 3.05) is 0 Å². The fourth-order valence-electron chi connectivity index (χ4n) is 6.13. The minimum atomic E-state index is -1.84. The number of nitrogens with zero attached hydrogens (tertiary/aromatic N) is 1. The molecule has 4 rings (SSSR count). The van der Waals surface area contributed by atoms with Gasteiger partial charge in [0, 0.05) is 28.0 Å². The molecule has 0 aliphatic rings. The molecule has 4 aromatic carbocycles. The van der Waals surface area contributed by atoms with Gasteiger partial charge in [-0.1, -0.05) is 13.5 Å². The average Bonchev–Trinajstić information content (AvgIpc) is 3.08. The highest BCUT2D eigenvalue weighted by Crippen LogP contribution is 2.40. The molecular formula is C38H34F10N2. The Hall–Kier alpha value is -4.61. The minimum absolute atomic E-state index is 0.00298. The lowest BCUT2D eigenvalue weighted by Crippen LogP contribution is -2.28. The average molecular weight is 709 g/mol. The summed E-state index contributed by atoms with van der Waals surface area (Å²) in [5.41, 5.74) is -4.82. The van der Waals surface area contributed by atoms with Gasteiger partial charge in [0.25, 0.3) is 0 Å². The standard InChI is InChI=1S/C38H34F10N2/c1-10-22-20(8)32(43)37(48)35(46)28(22)21(9)50-38(49-13-24-30(41)17(5)16(4)18(6)31(24)42)27-19(7)23(12-39)29(36(47)34(27)45)26-15(3)14(2)11-25(40)33(26)44/h11H,9-10,12-13H2,1-8H3,(H,49,50). The van der Waals surface area contributed by atoms with Crippen molar-refractivity contribution in [1.82, 2.24) is 5.32 Å². The van der Waals surface area contributed by atoms with Gasteiger partial charge in [-0.25, -0.2) is 43.9 Å². The summed E-state index contributed by atoms with van der Waals surface area (Å²) in [6, 6.07) is 0.843. The Labute approximate surface area is 283 Å². The maximum Gasteiger partial charge on any atom is 0.195 e. The van der Waals surface area contributed by atoms with E-state index in [0.717, 1.165) is 13.0 Å². The van der Waals surface area contributed by atoms with Crippen molar-refractivity contribution >= 4 is 11.5 Å². The first-order valence-corrected chi connectivity index (χ1v) is 15.5. The number of alkyl halides is 1. The molecule has 50 heavy (non-hydrogen) atoms. The predicted molar refractivity (Wildman–Crippen MR) is 174 cm³/mol. The second kappa shape index (κ2) is 14.3. The van der Waals surface area contributed by atoms with Crippen molar-refractivity contribution in [3.05, 3.63) is 132 Å². The van der Waals surface area contributed by atoms with Gasteiger partial charge in [0.05, 0.1) is 12.1 Å². The Morgan fingerprint density at radius 1 is 0.580 bits per heavy atom. The maximum atomic E-state index is 16.4. The summed E-state index contributed by atoms with van der Waals surface area (Å²) in [5.74, 6) is -14.2. The van der Waals surface area contributed by atoms with E-state index in [2.05, 4.69) is 16.9 Å². The summed E-state index contributed by atoms with van der Waals surface area (Å²) >= 11 is 0. The van der Waals surface area contributed by atoms with E-state index in [1.807, 2.05) is 0 Å². The van der Waals surface area contributed by atoms with Crippen molar-refractivity contribution in [2.24, 2.45) is 4.99 Å². The summed E-state index contributed by atoms with van der Waals surface area (Å²) in [7, 11) is 0. The van der Waals surface area contributed by atoms with Gasteiger partial charge in [0.1, 0.15) is 24.1 Å². The normalized spacial score (nSPS) is 11.8. The molecule has 2 nitrogen and oxygen atoms in total. The third-order valence-electron chi connectivity index (χ3n) is 9.44. The zero-order valence-corrected chi connectivity index (χ0v) is 28.6. The number of halogens is 10. The van der Waals surface area contributed by atoms with E-state index in [-0.39, 0.29) is 39.8 Å². The van der Waals surface area contributed by atoms with Crippen LogP contribution in [-0.4, -0.2) is 5.84 Å². The third-order valence-corrected chi connectivity index (χ3v) is 9.44. The van der Waals surface area contributed by atoms with E-state index in [9.17, 15) is 17.6 Å². The van der Waals surface area contributed by atoms with Crippen LogP contribution in [0.4, 0.5) is 43.9 Å². The Morgan fingerprint density at radius 2 is 1.14 bits per heavy atom. The number of aryl methyl sites for hydroxylation is 1. The number of hydrogen-bond acceptors (Lipinski definition) is 1. The SMILES string of the molecule is C=C(NC(=NCc1c(F)c(C)c(C)c(C)c1F)c1c(C)c(CF)c(-c2c(C)c(C)cc(F)c2F)c(F)c1F)c1c(F)c(F)c(F)c(C)c1CC. The highest BCUT2D eigenvalue weighted by molar-refractivity contribution is 6.05. The summed E-state index contributed by atoms with van der Waals surface area (Å²) < 4.78 is 152.